The molecule has 1 nitrogen and oxygen atoms in total. The van der Waals surface area contributed by atoms with Crippen LogP contribution in [0.5, 0.6) is 0 Å². The molecule has 0 aliphatic heterocycles. The third kappa shape index (κ3) is 2.55. The lowest BCUT2D eigenvalue weighted by molar-refractivity contribution is 0.233. The van der Waals surface area contributed by atoms with Gasteiger partial charge in [0.15, 0.2) is 0 Å². The molecule has 1 aliphatic rings. The van der Waals surface area contributed by atoms with Gasteiger partial charge >= 0.3 is 0 Å². The van der Waals surface area contributed by atoms with Gasteiger partial charge in [0.2, 0.25) is 0 Å². The molecular weight excluding hydrogens is 206 g/mol. The van der Waals surface area contributed by atoms with E-state index in [1.165, 1.54) is 44.1 Å². The van der Waals surface area contributed by atoms with Crippen LogP contribution in [0.1, 0.15) is 57.4 Å². The molecule has 0 spiro atoms. The highest BCUT2D eigenvalue weighted by molar-refractivity contribution is 5.28. The second-order valence-corrected chi connectivity index (χ2v) is 5.48. The van der Waals surface area contributed by atoms with E-state index >= 15 is 0 Å². The average Bonchev–Trinajstić information content (AvgIpc) is 2.41. The minimum Gasteiger partial charge on any atom is -0.327 e. The van der Waals surface area contributed by atoms with Gasteiger partial charge in [0.1, 0.15) is 0 Å². The second kappa shape index (κ2) is 5.68. The highest BCUT2D eigenvalue weighted by Gasteiger charge is 2.38. The Morgan fingerprint density at radius 2 is 1.76 bits per heavy atom. The Morgan fingerprint density at radius 1 is 1.12 bits per heavy atom. The van der Waals surface area contributed by atoms with E-state index in [4.69, 9.17) is 5.73 Å². The summed E-state index contributed by atoms with van der Waals surface area (Å²) in [5.41, 5.74) is 8.26. The molecule has 1 saturated carbocycles. The smallest absolute Gasteiger partial charge is 0.0136 e. The first-order valence-electron chi connectivity index (χ1n) is 7.11. The Labute approximate surface area is 105 Å². The van der Waals surface area contributed by atoms with Crippen molar-refractivity contribution in [3.05, 3.63) is 35.9 Å². The maximum absolute atomic E-state index is 6.53. The predicted molar refractivity (Wildman–Crippen MR) is 74.1 cm³/mol. The molecule has 2 N–H and O–H groups in total. The van der Waals surface area contributed by atoms with Crippen molar-refractivity contribution in [2.24, 2.45) is 5.73 Å². The third-order valence-corrected chi connectivity index (χ3v) is 4.40. The Hall–Kier alpha value is -0.820. The second-order valence-electron chi connectivity index (χ2n) is 5.48. The monoisotopic (exact) mass is 231 g/mol. The lowest BCUT2D eigenvalue weighted by Gasteiger charge is -2.42. The fraction of sp³-hybridized carbons (Fsp3) is 0.625. The lowest BCUT2D eigenvalue weighted by Crippen LogP contribution is -2.46. The molecule has 0 bridgehead atoms. The minimum absolute atomic E-state index is 0.259. The number of benzene rings is 1. The van der Waals surface area contributed by atoms with Crippen LogP contribution in [0.3, 0.4) is 0 Å². The summed E-state index contributed by atoms with van der Waals surface area (Å²) in [6, 6.07) is 11.3. The molecule has 1 fully saturated rings. The zero-order valence-corrected chi connectivity index (χ0v) is 11.0. The average molecular weight is 231 g/mol. The van der Waals surface area contributed by atoms with Gasteiger partial charge < -0.3 is 5.73 Å². The van der Waals surface area contributed by atoms with E-state index in [-0.39, 0.29) is 5.41 Å². The van der Waals surface area contributed by atoms with Gasteiger partial charge in [-0.1, -0.05) is 62.9 Å². The van der Waals surface area contributed by atoms with Gasteiger partial charge in [-0.3, -0.25) is 0 Å². The maximum atomic E-state index is 6.53. The fourth-order valence-electron chi connectivity index (χ4n) is 3.41. The van der Waals surface area contributed by atoms with E-state index < -0.39 is 0 Å². The van der Waals surface area contributed by atoms with Crippen LogP contribution in [-0.4, -0.2) is 6.04 Å². The van der Waals surface area contributed by atoms with Gasteiger partial charge in [-0.15, -0.1) is 0 Å². The molecule has 17 heavy (non-hydrogen) atoms. The standard InChI is InChI=1S/C16H25N/c1-2-9-15(17)16(12-7-4-8-13-16)14-10-5-3-6-11-14/h3,5-6,10-11,15H,2,4,7-9,12-13,17H2,1H3. The van der Waals surface area contributed by atoms with Crippen LogP contribution in [0.15, 0.2) is 30.3 Å². The molecule has 1 atom stereocenters. The fourth-order valence-corrected chi connectivity index (χ4v) is 3.41. The van der Waals surface area contributed by atoms with Crippen molar-refractivity contribution in [3.63, 3.8) is 0 Å². The predicted octanol–water partition coefficient (Wildman–Crippen LogP) is 4.02. The molecule has 1 aliphatic carbocycles. The quantitative estimate of drug-likeness (QED) is 0.832. The highest BCUT2D eigenvalue weighted by Crippen LogP contribution is 2.42. The molecule has 1 heteroatoms. The summed E-state index contributed by atoms with van der Waals surface area (Å²) in [6.45, 7) is 2.24. The summed E-state index contributed by atoms with van der Waals surface area (Å²) in [6.07, 6.45) is 8.95. The highest BCUT2D eigenvalue weighted by atomic mass is 14.7. The van der Waals surface area contributed by atoms with E-state index in [9.17, 15) is 0 Å². The van der Waals surface area contributed by atoms with Gasteiger partial charge in [0.05, 0.1) is 0 Å². The maximum Gasteiger partial charge on any atom is 0.0136 e. The Bertz CT molecular complexity index is 325. The van der Waals surface area contributed by atoms with Gasteiger partial charge in [-0.25, -0.2) is 0 Å². The van der Waals surface area contributed by atoms with Crippen molar-refractivity contribution in [2.75, 3.05) is 0 Å². The van der Waals surface area contributed by atoms with Crippen molar-refractivity contribution in [1.29, 1.82) is 0 Å². The molecule has 0 saturated heterocycles. The van der Waals surface area contributed by atoms with Crippen molar-refractivity contribution in [2.45, 2.75) is 63.3 Å². The van der Waals surface area contributed by atoms with Crippen molar-refractivity contribution in [1.82, 2.24) is 0 Å². The van der Waals surface area contributed by atoms with Crippen LogP contribution < -0.4 is 5.73 Å². The lowest BCUT2D eigenvalue weighted by atomic mass is 9.64. The van der Waals surface area contributed by atoms with Crippen LogP contribution in [0.25, 0.3) is 0 Å². The number of hydrogen-bond acceptors (Lipinski definition) is 1. The first-order valence-corrected chi connectivity index (χ1v) is 7.11. The summed E-state index contributed by atoms with van der Waals surface area (Å²) < 4.78 is 0. The van der Waals surface area contributed by atoms with Crippen LogP contribution >= 0.6 is 0 Å². The molecule has 1 unspecified atom stereocenters. The topological polar surface area (TPSA) is 26.0 Å². The summed E-state index contributed by atoms with van der Waals surface area (Å²) in [7, 11) is 0. The van der Waals surface area contributed by atoms with Crippen molar-refractivity contribution in [3.8, 4) is 0 Å². The number of nitrogens with two attached hydrogens (primary N) is 1. The summed E-state index contributed by atoms with van der Waals surface area (Å²) in [5.74, 6) is 0. The van der Waals surface area contributed by atoms with Crippen LogP contribution in [0.4, 0.5) is 0 Å². The summed E-state index contributed by atoms with van der Waals surface area (Å²) in [5, 5.41) is 0. The van der Waals surface area contributed by atoms with Crippen molar-refractivity contribution < 1.29 is 0 Å². The van der Waals surface area contributed by atoms with Crippen LogP contribution in [-0.2, 0) is 5.41 Å². The van der Waals surface area contributed by atoms with Crippen LogP contribution in [0.2, 0.25) is 0 Å². The van der Waals surface area contributed by atoms with Gasteiger partial charge in [0, 0.05) is 11.5 Å². The first kappa shape index (κ1) is 12.6. The van der Waals surface area contributed by atoms with E-state index in [0.29, 0.717) is 6.04 Å². The molecule has 0 radical (unpaired) electrons. The number of hydrogen-bond donors (Lipinski definition) is 1. The molecule has 1 aromatic rings. The minimum atomic E-state index is 0.259. The van der Waals surface area contributed by atoms with Crippen LogP contribution in [0, 0.1) is 0 Å². The Balaban J connectivity index is 2.29. The summed E-state index contributed by atoms with van der Waals surface area (Å²) >= 11 is 0. The largest absolute Gasteiger partial charge is 0.327 e. The van der Waals surface area contributed by atoms with Gasteiger partial charge in [-0.2, -0.15) is 0 Å². The van der Waals surface area contributed by atoms with E-state index in [0.717, 1.165) is 6.42 Å². The Morgan fingerprint density at radius 3 is 2.35 bits per heavy atom. The summed E-state index contributed by atoms with van der Waals surface area (Å²) in [4.78, 5) is 0. The normalized spacial score (nSPS) is 21.1. The van der Waals surface area contributed by atoms with E-state index in [2.05, 4.69) is 37.3 Å². The molecule has 1 aromatic carbocycles. The number of rotatable bonds is 4. The van der Waals surface area contributed by atoms with E-state index in [1.54, 1.807) is 0 Å². The molecule has 0 amide bonds. The van der Waals surface area contributed by atoms with Gasteiger partial charge in [0.25, 0.3) is 0 Å². The zero-order chi connectivity index (χ0) is 12.1. The molecule has 94 valence electrons. The van der Waals surface area contributed by atoms with Crippen molar-refractivity contribution >= 4 is 0 Å². The van der Waals surface area contributed by atoms with Gasteiger partial charge in [-0.05, 0) is 24.8 Å². The molecular formula is C16H25N. The SMILES string of the molecule is CCCC(N)C1(c2ccccc2)CCCCC1. The molecule has 0 heterocycles. The molecule has 2 rings (SSSR count). The first-order chi connectivity index (χ1) is 8.29. The molecule has 0 aromatic heterocycles. The van der Waals surface area contributed by atoms with E-state index in [1.807, 2.05) is 0 Å². The Kier molecular flexibility index (Phi) is 4.22. The zero-order valence-electron chi connectivity index (χ0n) is 11.0. The third-order valence-electron chi connectivity index (χ3n) is 4.40.